The van der Waals surface area contributed by atoms with Crippen molar-refractivity contribution in [2.75, 3.05) is 20.3 Å². The quantitative estimate of drug-likeness (QED) is 0.308. The van der Waals surface area contributed by atoms with Crippen LogP contribution in [0.3, 0.4) is 0 Å². The van der Waals surface area contributed by atoms with E-state index < -0.39 is 9.07 Å². The monoisotopic (exact) mass is 140 g/mol. The van der Waals surface area contributed by atoms with Crippen LogP contribution >= 0.6 is 11.1 Å². The van der Waals surface area contributed by atoms with E-state index >= 15 is 0 Å². The molecular weight excluding hydrogens is 132 g/mol. The molecule has 0 aromatic carbocycles. The predicted molar refractivity (Wildman–Crippen MR) is 32.2 cm³/mol. The van der Waals surface area contributed by atoms with Crippen molar-refractivity contribution >= 4 is 20.2 Å². The number of ether oxygens (including phenoxy) is 1. The van der Waals surface area contributed by atoms with Crippen LogP contribution in [0.5, 0.6) is 0 Å². The largest absolute Gasteiger partial charge is 0.406 e. The van der Waals surface area contributed by atoms with E-state index in [9.17, 15) is 0 Å². The van der Waals surface area contributed by atoms with Crippen LogP contribution in [0.1, 0.15) is 0 Å². The molecule has 0 spiro atoms. The van der Waals surface area contributed by atoms with Crippen LogP contribution in [0.25, 0.3) is 0 Å². The Morgan fingerprint density at radius 3 is 2.71 bits per heavy atom. The molecule has 0 aromatic heterocycles. The molecule has 44 valence electrons. The zero-order valence-corrected chi connectivity index (χ0v) is 6.49. The minimum atomic E-state index is -0.714. The van der Waals surface area contributed by atoms with Crippen molar-refractivity contribution in [2.24, 2.45) is 0 Å². The van der Waals surface area contributed by atoms with Gasteiger partial charge in [-0.1, -0.05) is 0 Å². The Balaban J connectivity index is 2.45. The highest BCUT2D eigenvalue weighted by Gasteiger charge is 1.80. The summed E-state index contributed by atoms with van der Waals surface area (Å²) in [4.78, 5) is 0. The van der Waals surface area contributed by atoms with Gasteiger partial charge < -0.3 is 9.16 Å². The summed E-state index contributed by atoms with van der Waals surface area (Å²) in [5, 5.41) is 0. The van der Waals surface area contributed by atoms with Gasteiger partial charge in [0.2, 0.25) is 0 Å². The maximum Gasteiger partial charge on any atom is 0.258 e. The van der Waals surface area contributed by atoms with E-state index in [1.165, 1.54) is 0 Å². The maximum atomic E-state index is 5.30. The molecule has 0 heterocycles. The van der Waals surface area contributed by atoms with Crippen LogP contribution in [0, 0.1) is 0 Å². The minimum absolute atomic E-state index is 0.645. The molecule has 0 bridgehead atoms. The summed E-state index contributed by atoms with van der Waals surface area (Å²) in [5.74, 6) is 0. The topological polar surface area (TPSA) is 18.5 Å². The van der Waals surface area contributed by atoms with Crippen LogP contribution < -0.4 is 0 Å². The van der Waals surface area contributed by atoms with Gasteiger partial charge in [0.25, 0.3) is 9.07 Å². The molecule has 0 aliphatic heterocycles. The number of methoxy groups -OCH3 is 1. The van der Waals surface area contributed by atoms with E-state index in [1.54, 1.807) is 7.11 Å². The highest BCUT2D eigenvalue weighted by molar-refractivity contribution is 6.89. The third kappa shape index (κ3) is 6.43. The predicted octanol–water partition coefficient (Wildman–Crippen LogP) is -0.113. The van der Waals surface area contributed by atoms with Crippen LogP contribution in [0.15, 0.2) is 0 Å². The Bertz CT molecular complexity index is 32.1. The lowest BCUT2D eigenvalue weighted by molar-refractivity contribution is 0.151. The summed E-state index contributed by atoms with van der Waals surface area (Å²) in [7, 11) is 0.924. The van der Waals surface area contributed by atoms with Crippen molar-refractivity contribution < 1.29 is 9.16 Å². The lowest BCUT2D eigenvalue weighted by Gasteiger charge is -1.95. The van der Waals surface area contributed by atoms with Crippen LogP contribution in [0.4, 0.5) is 0 Å². The number of hydrogen-bond acceptors (Lipinski definition) is 2. The fourth-order valence-electron chi connectivity index (χ4n) is 0.197. The normalized spacial score (nSPS) is 11.1. The SMILES string of the molecule is COCCO[SiH2]Cl. The number of halogens is 1. The van der Waals surface area contributed by atoms with E-state index in [-0.39, 0.29) is 0 Å². The molecule has 0 amide bonds. The second-order valence-corrected chi connectivity index (χ2v) is 2.29. The van der Waals surface area contributed by atoms with Gasteiger partial charge in [-0.3, -0.25) is 0 Å². The third-order valence-corrected chi connectivity index (χ3v) is 1.41. The summed E-state index contributed by atoms with van der Waals surface area (Å²) in [5.41, 5.74) is 0. The Kier molecular flexibility index (Phi) is 6.82. The molecule has 0 aromatic rings. The first kappa shape index (κ1) is 7.43. The van der Waals surface area contributed by atoms with Gasteiger partial charge in [-0.2, -0.15) is 0 Å². The van der Waals surface area contributed by atoms with E-state index in [1.807, 2.05) is 0 Å². The number of hydrogen-bond donors (Lipinski definition) is 0. The molecule has 0 unspecified atom stereocenters. The lowest BCUT2D eigenvalue weighted by Crippen LogP contribution is -2.01. The standard InChI is InChI=1S/C3H9ClO2Si/c1-5-2-3-6-7-4/h2-3,7H2,1H3. The summed E-state index contributed by atoms with van der Waals surface area (Å²) in [6, 6.07) is 0. The van der Waals surface area contributed by atoms with E-state index in [0.29, 0.717) is 13.2 Å². The summed E-state index contributed by atoms with van der Waals surface area (Å²) >= 11 is 5.30. The average molecular weight is 141 g/mol. The Labute approximate surface area is 50.4 Å². The van der Waals surface area contributed by atoms with Crippen molar-refractivity contribution in [1.29, 1.82) is 0 Å². The lowest BCUT2D eigenvalue weighted by atomic mass is 10.8. The van der Waals surface area contributed by atoms with Crippen molar-refractivity contribution in [3.05, 3.63) is 0 Å². The van der Waals surface area contributed by atoms with E-state index in [0.717, 1.165) is 0 Å². The Hall–Kier alpha value is 0.427. The first-order valence-electron chi connectivity index (χ1n) is 2.04. The minimum Gasteiger partial charge on any atom is -0.406 e. The Morgan fingerprint density at radius 1 is 1.57 bits per heavy atom. The van der Waals surface area contributed by atoms with Gasteiger partial charge >= 0.3 is 0 Å². The second-order valence-electron chi connectivity index (χ2n) is 1.01. The third-order valence-electron chi connectivity index (χ3n) is 0.509. The molecule has 2 nitrogen and oxygen atoms in total. The van der Waals surface area contributed by atoms with Gasteiger partial charge in [0, 0.05) is 7.11 Å². The molecule has 0 saturated heterocycles. The molecule has 0 aliphatic carbocycles. The van der Waals surface area contributed by atoms with E-state index in [2.05, 4.69) is 4.74 Å². The van der Waals surface area contributed by atoms with Crippen LogP contribution in [0.2, 0.25) is 0 Å². The first-order chi connectivity index (χ1) is 3.41. The molecule has 0 N–H and O–H groups in total. The smallest absolute Gasteiger partial charge is 0.258 e. The second kappa shape index (κ2) is 6.43. The van der Waals surface area contributed by atoms with Gasteiger partial charge in [-0.05, 0) is 0 Å². The molecule has 4 heteroatoms. The van der Waals surface area contributed by atoms with Crippen molar-refractivity contribution in [3.8, 4) is 0 Å². The van der Waals surface area contributed by atoms with Gasteiger partial charge in [0.1, 0.15) is 0 Å². The first-order valence-corrected chi connectivity index (χ1v) is 4.76. The Morgan fingerprint density at radius 2 is 2.29 bits per heavy atom. The number of rotatable bonds is 4. The van der Waals surface area contributed by atoms with Gasteiger partial charge in [-0.15, -0.1) is 11.1 Å². The summed E-state index contributed by atoms with van der Waals surface area (Å²) in [6.07, 6.45) is 0. The molecule has 0 rings (SSSR count). The van der Waals surface area contributed by atoms with Crippen molar-refractivity contribution in [1.82, 2.24) is 0 Å². The van der Waals surface area contributed by atoms with Crippen LogP contribution in [-0.4, -0.2) is 29.4 Å². The summed E-state index contributed by atoms with van der Waals surface area (Å²) in [6.45, 7) is 1.30. The average Bonchev–Trinajstić information content (AvgIpc) is 1.69. The van der Waals surface area contributed by atoms with Crippen LogP contribution in [-0.2, 0) is 9.16 Å². The zero-order valence-electron chi connectivity index (χ0n) is 4.32. The van der Waals surface area contributed by atoms with E-state index in [4.69, 9.17) is 15.5 Å². The van der Waals surface area contributed by atoms with Gasteiger partial charge in [-0.25, -0.2) is 0 Å². The molecule has 0 atom stereocenters. The highest BCUT2D eigenvalue weighted by atomic mass is 35.6. The van der Waals surface area contributed by atoms with Gasteiger partial charge in [0.15, 0.2) is 0 Å². The molecule has 0 aliphatic rings. The maximum absolute atomic E-state index is 5.30. The van der Waals surface area contributed by atoms with Gasteiger partial charge in [0.05, 0.1) is 13.2 Å². The fraction of sp³-hybridized carbons (Fsp3) is 1.00. The molecule has 0 fully saturated rings. The fourth-order valence-corrected chi connectivity index (χ4v) is 0.751. The molecule has 0 saturated carbocycles. The molecule has 0 radical (unpaired) electrons. The molecular formula is C3H9ClO2Si. The summed E-state index contributed by atoms with van der Waals surface area (Å²) < 4.78 is 9.54. The molecule has 7 heavy (non-hydrogen) atoms. The van der Waals surface area contributed by atoms with Crippen molar-refractivity contribution in [2.45, 2.75) is 0 Å². The zero-order chi connectivity index (χ0) is 5.54. The van der Waals surface area contributed by atoms with Crippen molar-refractivity contribution in [3.63, 3.8) is 0 Å². The highest BCUT2D eigenvalue weighted by Crippen LogP contribution is 1.74.